The molecule has 0 radical (unpaired) electrons. The molecule has 0 rings (SSSR count). The molecule has 0 saturated heterocycles. The number of hydrogen-bond donors (Lipinski definition) is 1. The Bertz CT molecular complexity index is 142. The van der Waals surface area contributed by atoms with E-state index in [1.807, 2.05) is 0 Å². The molecule has 0 heterocycles. The molecule has 14 heavy (non-hydrogen) atoms. The fourth-order valence-corrected chi connectivity index (χ4v) is 1.16. The van der Waals surface area contributed by atoms with Crippen molar-refractivity contribution in [2.24, 2.45) is 5.73 Å². The summed E-state index contributed by atoms with van der Waals surface area (Å²) in [6.45, 7) is 2.10. The van der Waals surface area contributed by atoms with Crippen LogP contribution in [0, 0.1) is 0 Å². The number of carbonyl (C=O) groups excluding carboxylic acids is 1. The topological polar surface area (TPSA) is 52.3 Å². The smallest absolute Gasteiger partial charge is 0.305 e. The van der Waals surface area contributed by atoms with Crippen LogP contribution in [0.5, 0.6) is 0 Å². The third-order valence-corrected chi connectivity index (χ3v) is 2.21. The minimum Gasteiger partial charge on any atom is -0.469 e. The van der Waals surface area contributed by atoms with Gasteiger partial charge in [0.05, 0.1) is 7.11 Å². The van der Waals surface area contributed by atoms with Crippen LogP contribution in [0.4, 0.5) is 0 Å². The number of esters is 1. The molecule has 0 fully saturated rings. The van der Waals surface area contributed by atoms with Crippen LogP contribution < -0.4 is 5.73 Å². The van der Waals surface area contributed by atoms with E-state index in [0.717, 1.165) is 32.1 Å². The van der Waals surface area contributed by atoms with Gasteiger partial charge in [-0.2, -0.15) is 0 Å². The maximum absolute atomic E-state index is 10.7. The zero-order valence-electron chi connectivity index (χ0n) is 9.12. The second-order valence-electron chi connectivity index (χ2n) is 3.34. The summed E-state index contributed by atoms with van der Waals surface area (Å²) in [6.07, 6.45) is 5.75. The van der Waals surface area contributed by atoms with Crippen LogP contribution in [0.3, 0.4) is 0 Å². The summed E-state index contributed by atoms with van der Waals surface area (Å²) < 4.78 is 4.54. The van der Waals surface area contributed by atoms with Crippen molar-refractivity contribution in [1.82, 2.24) is 0 Å². The third kappa shape index (κ3) is 9.81. The lowest BCUT2D eigenvalue weighted by molar-refractivity contribution is -0.140. The minimum atomic E-state index is -0.111. The molecule has 0 saturated carbocycles. The van der Waals surface area contributed by atoms with E-state index >= 15 is 0 Å². The van der Waals surface area contributed by atoms with Gasteiger partial charge in [0.25, 0.3) is 0 Å². The van der Waals surface area contributed by atoms with Gasteiger partial charge >= 0.3 is 5.97 Å². The first kappa shape index (κ1) is 16.2. The molecule has 0 aliphatic heterocycles. The monoisotopic (exact) mass is 223 g/mol. The highest BCUT2D eigenvalue weighted by Gasteiger charge is 2.01. The van der Waals surface area contributed by atoms with E-state index < -0.39 is 0 Å². The summed E-state index contributed by atoms with van der Waals surface area (Å²) in [5.41, 5.74) is 5.75. The number of rotatable bonds is 7. The van der Waals surface area contributed by atoms with Crippen LogP contribution in [0.1, 0.15) is 45.4 Å². The van der Waals surface area contributed by atoms with Gasteiger partial charge in [-0.3, -0.25) is 4.79 Å². The highest BCUT2D eigenvalue weighted by atomic mass is 35.5. The maximum atomic E-state index is 10.7. The predicted octanol–water partition coefficient (Wildman–Crippen LogP) is 2.27. The Balaban J connectivity index is 0. The maximum Gasteiger partial charge on any atom is 0.305 e. The predicted molar refractivity (Wildman–Crippen MR) is 60.6 cm³/mol. The molecule has 0 spiro atoms. The van der Waals surface area contributed by atoms with E-state index in [4.69, 9.17) is 5.73 Å². The SMILES string of the molecule is CCC(N)CCCCCC(=O)OC.Cl. The normalized spacial score (nSPS) is 11.6. The Morgan fingerprint density at radius 3 is 2.50 bits per heavy atom. The molecule has 0 bridgehead atoms. The fraction of sp³-hybridized carbons (Fsp3) is 0.900. The second kappa shape index (κ2) is 10.8. The molecule has 1 atom stereocenters. The average Bonchev–Trinajstić information content (AvgIpc) is 2.16. The molecule has 0 aliphatic carbocycles. The van der Waals surface area contributed by atoms with Crippen molar-refractivity contribution in [3.63, 3.8) is 0 Å². The summed E-state index contributed by atoms with van der Waals surface area (Å²) in [5.74, 6) is -0.111. The molecular formula is C10H22ClNO2. The number of hydrogen-bond acceptors (Lipinski definition) is 3. The number of unbranched alkanes of at least 4 members (excludes halogenated alkanes) is 2. The number of nitrogens with two attached hydrogens (primary N) is 1. The van der Waals surface area contributed by atoms with Gasteiger partial charge in [-0.15, -0.1) is 12.4 Å². The minimum absolute atomic E-state index is 0. The average molecular weight is 224 g/mol. The van der Waals surface area contributed by atoms with E-state index in [1.54, 1.807) is 0 Å². The van der Waals surface area contributed by atoms with E-state index in [-0.39, 0.29) is 18.4 Å². The zero-order valence-corrected chi connectivity index (χ0v) is 9.94. The summed E-state index contributed by atoms with van der Waals surface area (Å²) in [6, 6.07) is 0.332. The van der Waals surface area contributed by atoms with Gasteiger partial charge in [-0.1, -0.05) is 19.8 Å². The lowest BCUT2D eigenvalue weighted by atomic mass is 10.1. The molecule has 0 amide bonds. The molecule has 4 heteroatoms. The van der Waals surface area contributed by atoms with Gasteiger partial charge in [0.1, 0.15) is 0 Å². The first-order valence-corrected chi connectivity index (χ1v) is 5.03. The van der Waals surface area contributed by atoms with Gasteiger partial charge in [0, 0.05) is 12.5 Å². The van der Waals surface area contributed by atoms with E-state index in [9.17, 15) is 4.79 Å². The van der Waals surface area contributed by atoms with Crippen molar-refractivity contribution in [3.05, 3.63) is 0 Å². The van der Waals surface area contributed by atoms with Crippen LogP contribution in [-0.4, -0.2) is 19.1 Å². The molecule has 0 aliphatic rings. The van der Waals surface area contributed by atoms with Crippen molar-refractivity contribution < 1.29 is 9.53 Å². The zero-order chi connectivity index (χ0) is 10.1. The molecule has 3 nitrogen and oxygen atoms in total. The van der Waals surface area contributed by atoms with Crippen molar-refractivity contribution in [2.45, 2.75) is 51.5 Å². The Labute approximate surface area is 92.8 Å². The van der Waals surface area contributed by atoms with Gasteiger partial charge in [-0.05, 0) is 19.3 Å². The number of methoxy groups -OCH3 is 1. The Morgan fingerprint density at radius 1 is 1.36 bits per heavy atom. The van der Waals surface area contributed by atoms with E-state index in [2.05, 4.69) is 11.7 Å². The Morgan fingerprint density at radius 2 is 2.00 bits per heavy atom. The highest BCUT2D eigenvalue weighted by Crippen LogP contribution is 2.06. The second-order valence-corrected chi connectivity index (χ2v) is 3.34. The van der Waals surface area contributed by atoms with E-state index in [0.29, 0.717) is 12.5 Å². The van der Waals surface area contributed by atoms with Gasteiger partial charge in [0.15, 0.2) is 0 Å². The standard InChI is InChI=1S/C10H21NO2.ClH/c1-3-9(11)7-5-4-6-8-10(12)13-2;/h9H,3-8,11H2,1-2H3;1H. The molecule has 0 aromatic heterocycles. The number of halogens is 1. The highest BCUT2D eigenvalue weighted by molar-refractivity contribution is 5.85. The molecule has 2 N–H and O–H groups in total. The molecular weight excluding hydrogens is 202 g/mol. The van der Waals surface area contributed by atoms with Gasteiger partial charge in [-0.25, -0.2) is 0 Å². The largest absolute Gasteiger partial charge is 0.469 e. The van der Waals surface area contributed by atoms with Crippen molar-refractivity contribution >= 4 is 18.4 Å². The van der Waals surface area contributed by atoms with Crippen molar-refractivity contribution in [1.29, 1.82) is 0 Å². The van der Waals surface area contributed by atoms with Crippen LogP contribution in [0.2, 0.25) is 0 Å². The van der Waals surface area contributed by atoms with E-state index in [1.165, 1.54) is 7.11 Å². The summed E-state index contributed by atoms with van der Waals surface area (Å²) in [7, 11) is 1.43. The lowest BCUT2D eigenvalue weighted by Crippen LogP contribution is -2.17. The molecule has 0 aromatic carbocycles. The number of carbonyl (C=O) groups is 1. The first-order chi connectivity index (χ1) is 6.20. The first-order valence-electron chi connectivity index (χ1n) is 5.03. The summed E-state index contributed by atoms with van der Waals surface area (Å²) in [4.78, 5) is 10.7. The molecule has 1 unspecified atom stereocenters. The summed E-state index contributed by atoms with van der Waals surface area (Å²) >= 11 is 0. The molecule has 86 valence electrons. The molecule has 0 aromatic rings. The van der Waals surface area contributed by atoms with Crippen LogP contribution in [0.25, 0.3) is 0 Å². The Kier molecular flexibility index (Phi) is 12.5. The van der Waals surface area contributed by atoms with Crippen LogP contribution >= 0.6 is 12.4 Å². The van der Waals surface area contributed by atoms with Gasteiger partial charge in [0.2, 0.25) is 0 Å². The third-order valence-electron chi connectivity index (χ3n) is 2.21. The van der Waals surface area contributed by atoms with Crippen molar-refractivity contribution in [3.8, 4) is 0 Å². The van der Waals surface area contributed by atoms with Gasteiger partial charge < -0.3 is 10.5 Å². The van der Waals surface area contributed by atoms with Crippen LogP contribution in [-0.2, 0) is 9.53 Å². The number of ether oxygens (including phenoxy) is 1. The Hall–Kier alpha value is -0.280. The summed E-state index contributed by atoms with van der Waals surface area (Å²) in [5, 5.41) is 0. The fourth-order valence-electron chi connectivity index (χ4n) is 1.16. The lowest BCUT2D eigenvalue weighted by Gasteiger charge is -2.07. The quantitative estimate of drug-likeness (QED) is 0.532. The van der Waals surface area contributed by atoms with Crippen molar-refractivity contribution in [2.75, 3.05) is 7.11 Å². The van der Waals surface area contributed by atoms with Crippen LogP contribution in [0.15, 0.2) is 0 Å².